The number of rotatable bonds is 3. The van der Waals surface area contributed by atoms with Gasteiger partial charge in [0.1, 0.15) is 0 Å². The van der Waals surface area contributed by atoms with Crippen LogP contribution in [0.3, 0.4) is 0 Å². The van der Waals surface area contributed by atoms with Crippen LogP contribution in [0.4, 0.5) is 0 Å². The predicted octanol–water partition coefficient (Wildman–Crippen LogP) is 4.73. The molecule has 0 bridgehead atoms. The number of hydrogen-bond donors (Lipinski definition) is 0. The fourth-order valence-electron chi connectivity index (χ4n) is 1.15. The van der Waals surface area contributed by atoms with Crippen molar-refractivity contribution in [1.29, 1.82) is 0 Å². The molecule has 2 heteroatoms. The molecule has 0 fully saturated rings. The first kappa shape index (κ1) is 11.8. The Morgan fingerprint density at radius 2 is 2.07 bits per heavy atom. The van der Waals surface area contributed by atoms with E-state index in [-0.39, 0.29) is 0 Å². The van der Waals surface area contributed by atoms with Crippen molar-refractivity contribution < 1.29 is 0 Å². The van der Waals surface area contributed by atoms with Crippen molar-refractivity contribution in [2.45, 2.75) is 13.8 Å². The highest BCUT2D eigenvalue weighted by Crippen LogP contribution is 2.22. The van der Waals surface area contributed by atoms with Crippen molar-refractivity contribution in [3.63, 3.8) is 0 Å². The van der Waals surface area contributed by atoms with Gasteiger partial charge in [-0.05, 0) is 17.5 Å². The number of benzene rings is 1. The molecule has 0 atom stereocenters. The smallest absolute Gasteiger partial charge is 0.0439 e. The van der Waals surface area contributed by atoms with E-state index in [0.29, 0.717) is 11.8 Å². The third kappa shape index (κ3) is 3.14. The van der Waals surface area contributed by atoms with Crippen LogP contribution in [0.2, 0.25) is 0 Å². The van der Waals surface area contributed by atoms with Gasteiger partial charge in [0.15, 0.2) is 0 Å². The molecule has 0 spiro atoms. The van der Waals surface area contributed by atoms with Crippen LogP contribution in [-0.4, -0.2) is 5.88 Å². The molecule has 0 aliphatic rings. The summed E-state index contributed by atoms with van der Waals surface area (Å²) in [5.74, 6) is 1.10. The van der Waals surface area contributed by atoms with Gasteiger partial charge in [0.2, 0.25) is 0 Å². The van der Waals surface area contributed by atoms with E-state index in [9.17, 15) is 0 Å². The van der Waals surface area contributed by atoms with Gasteiger partial charge in [-0.25, -0.2) is 0 Å². The SMILES string of the molecule is CC(C)C(=Cc1ccccc1Br)CCl. The molecule has 0 unspecified atom stereocenters. The van der Waals surface area contributed by atoms with E-state index in [2.05, 4.69) is 41.9 Å². The molecule has 0 aliphatic heterocycles. The summed E-state index contributed by atoms with van der Waals surface area (Å²) in [7, 11) is 0. The van der Waals surface area contributed by atoms with Crippen LogP contribution in [0, 0.1) is 5.92 Å². The van der Waals surface area contributed by atoms with Crippen molar-refractivity contribution in [3.05, 3.63) is 39.9 Å². The number of hydrogen-bond acceptors (Lipinski definition) is 0. The van der Waals surface area contributed by atoms with Crippen molar-refractivity contribution in [2.24, 2.45) is 5.92 Å². The first-order chi connectivity index (χ1) is 6.65. The Balaban J connectivity index is 3.00. The Kier molecular flexibility index (Phi) is 4.70. The fourth-order valence-corrected chi connectivity index (χ4v) is 1.94. The molecule has 0 nitrogen and oxygen atoms in total. The van der Waals surface area contributed by atoms with Gasteiger partial charge in [0, 0.05) is 10.4 Å². The zero-order valence-corrected chi connectivity index (χ0v) is 10.8. The predicted molar refractivity (Wildman–Crippen MR) is 67.7 cm³/mol. The van der Waals surface area contributed by atoms with E-state index in [1.54, 1.807) is 0 Å². The molecule has 14 heavy (non-hydrogen) atoms. The summed E-state index contributed by atoms with van der Waals surface area (Å²) in [6.07, 6.45) is 2.15. The largest absolute Gasteiger partial charge is 0.122 e. The summed E-state index contributed by atoms with van der Waals surface area (Å²) >= 11 is 9.40. The molecule has 0 heterocycles. The lowest BCUT2D eigenvalue weighted by Gasteiger charge is -2.08. The molecular formula is C12H14BrCl. The van der Waals surface area contributed by atoms with Crippen LogP contribution in [0.1, 0.15) is 19.4 Å². The van der Waals surface area contributed by atoms with Crippen molar-refractivity contribution in [2.75, 3.05) is 5.88 Å². The van der Waals surface area contributed by atoms with Crippen LogP contribution in [-0.2, 0) is 0 Å². The van der Waals surface area contributed by atoms with Gasteiger partial charge in [0.25, 0.3) is 0 Å². The Bertz CT molecular complexity index is 329. The van der Waals surface area contributed by atoms with Gasteiger partial charge in [-0.1, -0.05) is 59.6 Å². The van der Waals surface area contributed by atoms with Gasteiger partial charge in [-0.2, -0.15) is 0 Å². The molecule has 0 aliphatic carbocycles. The minimum atomic E-state index is 0.500. The first-order valence-corrected chi connectivity index (χ1v) is 5.99. The molecule has 76 valence electrons. The maximum Gasteiger partial charge on any atom is 0.0439 e. The quantitative estimate of drug-likeness (QED) is 0.699. The lowest BCUT2D eigenvalue weighted by molar-refractivity contribution is 0.778. The standard InChI is InChI=1S/C12H14BrCl/c1-9(2)11(8-14)7-10-5-3-4-6-12(10)13/h3-7,9H,8H2,1-2H3. The molecule has 0 amide bonds. The van der Waals surface area contributed by atoms with Gasteiger partial charge in [0.05, 0.1) is 0 Å². The van der Waals surface area contributed by atoms with Crippen LogP contribution in [0.25, 0.3) is 6.08 Å². The number of halogens is 2. The van der Waals surface area contributed by atoms with Crippen LogP contribution >= 0.6 is 27.5 Å². The summed E-state index contributed by atoms with van der Waals surface area (Å²) < 4.78 is 1.11. The average molecular weight is 274 g/mol. The number of allylic oxidation sites excluding steroid dienone is 1. The average Bonchev–Trinajstić information content (AvgIpc) is 2.16. The van der Waals surface area contributed by atoms with Crippen molar-refractivity contribution in [3.8, 4) is 0 Å². The van der Waals surface area contributed by atoms with E-state index in [0.717, 1.165) is 4.47 Å². The molecule has 1 aromatic rings. The van der Waals surface area contributed by atoms with E-state index < -0.39 is 0 Å². The van der Waals surface area contributed by atoms with Gasteiger partial charge in [-0.15, -0.1) is 11.6 Å². The molecule has 0 radical (unpaired) electrons. The Morgan fingerprint density at radius 3 is 2.57 bits per heavy atom. The molecular weight excluding hydrogens is 259 g/mol. The Morgan fingerprint density at radius 1 is 1.43 bits per heavy atom. The second kappa shape index (κ2) is 5.57. The Hall–Kier alpha value is -0.270. The van der Waals surface area contributed by atoms with Crippen molar-refractivity contribution in [1.82, 2.24) is 0 Å². The first-order valence-electron chi connectivity index (χ1n) is 4.66. The number of alkyl halides is 1. The summed E-state index contributed by atoms with van der Waals surface area (Å²) in [4.78, 5) is 0. The van der Waals surface area contributed by atoms with Gasteiger partial charge >= 0.3 is 0 Å². The topological polar surface area (TPSA) is 0 Å². The minimum Gasteiger partial charge on any atom is -0.122 e. The van der Waals surface area contributed by atoms with E-state index in [1.807, 2.05) is 18.2 Å². The fraction of sp³-hybridized carbons (Fsp3) is 0.333. The molecule has 1 aromatic carbocycles. The normalized spacial score (nSPS) is 12.2. The highest BCUT2D eigenvalue weighted by atomic mass is 79.9. The van der Waals surface area contributed by atoms with Gasteiger partial charge in [-0.3, -0.25) is 0 Å². The third-order valence-corrected chi connectivity index (χ3v) is 3.17. The molecule has 0 saturated carbocycles. The van der Waals surface area contributed by atoms with Crippen LogP contribution < -0.4 is 0 Å². The lowest BCUT2D eigenvalue weighted by atomic mass is 10.0. The zero-order valence-electron chi connectivity index (χ0n) is 8.43. The summed E-state index contributed by atoms with van der Waals surface area (Å²) in [6.45, 7) is 4.32. The highest BCUT2D eigenvalue weighted by molar-refractivity contribution is 9.10. The minimum absolute atomic E-state index is 0.500. The summed E-state index contributed by atoms with van der Waals surface area (Å²) in [5.41, 5.74) is 2.45. The highest BCUT2D eigenvalue weighted by Gasteiger charge is 2.03. The summed E-state index contributed by atoms with van der Waals surface area (Å²) in [5, 5.41) is 0. The molecule has 0 N–H and O–H groups in total. The Labute approximate surface area is 99.1 Å². The molecule has 0 saturated heterocycles. The van der Waals surface area contributed by atoms with Gasteiger partial charge < -0.3 is 0 Å². The third-order valence-electron chi connectivity index (χ3n) is 2.14. The van der Waals surface area contributed by atoms with E-state index in [1.165, 1.54) is 11.1 Å². The second-order valence-electron chi connectivity index (χ2n) is 3.53. The summed E-state index contributed by atoms with van der Waals surface area (Å²) in [6, 6.07) is 8.16. The van der Waals surface area contributed by atoms with E-state index >= 15 is 0 Å². The maximum absolute atomic E-state index is 5.88. The zero-order chi connectivity index (χ0) is 10.6. The van der Waals surface area contributed by atoms with Crippen LogP contribution in [0.5, 0.6) is 0 Å². The van der Waals surface area contributed by atoms with E-state index in [4.69, 9.17) is 11.6 Å². The lowest BCUT2D eigenvalue weighted by Crippen LogP contribution is -1.95. The second-order valence-corrected chi connectivity index (χ2v) is 4.65. The molecule has 1 rings (SSSR count). The maximum atomic E-state index is 5.88. The van der Waals surface area contributed by atoms with Crippen molar-refractivity contribution >= 4 is 33.6 Å². The van der Waals surface area contributed by atoms with Crippen LogP contribution in [0.15, 0.2) is 34.3 Å². The monoisotopic (exact) mass is 272 g/mol. The molecule has 0 aromatic heterocycles.